The Kier molecular flexibility index (Phi) is 7.00. The quantitative estimate of drug-likeness (QED) is 0.410. The highest BCUT2D eigenvalue weighted by Crippen LogP contribution is 2.30. The van der Waals surface area contributed by atoms with E-state index >= 15 is 0 Å². The zero-order chi connectivity index (χ0) is 25.2. The van der Waals surface area contributed by atoms with Gasteiger partial charge in [-0.05, 0) is 61.8 Å². The molecule has 0 fully saturated rings. The molecule has 13 heteroatoms. The molecule has 35 heavy (non-hydrogen) atoms. The number of hydrogen-bond acceptors (Lipinski definition) is 8. The molecule has 3 heterocycles. The lowest BCUT2D eigenvalue weighted by Crippen LogP contribution is -2.41. The fourth-order valence-corrected chi connectivity index (χ4v) is 4.73. The molecule has 0 spiro atoms. The summed E-state index contributed by atoms with van der Waals surface area (Å²) in [5, 5.41) is 9.23. The Bertz CT molecular complexity index is 1440. The molecule has 1 aliphatic heterocycles. The maximum Gasteiger partial charge on any atom is 0.294 e. The van der Waals surface area contributed by atoms with E-state index in [1.165, 1.54) is 47.9 Å². The summed E-state index contributed by atoms with van der Waals surface area (Å²) >= 11 is 1.29. The number of amides is 1. The van der Waals surface area contributed by atoms with Crippen LogP contribution in [0.25, 0.3) is 10.8 Å². The topological polar surface area (TPSA) is 131 Å². The van der Waals surface area contributed by atoms with E-state index in [0.717, 1.165) is 5.01 Å². The molecule has 1 amide bonds. The Hall–Kier alpha value is -3.55. The molecule has 1 atom stereocenters. The van der Waals surface area contributed by atoms with Crippen LogP contribution < -0.4 is 0 Å². The fraction of sp³-hybridized carbons (Fsp3) is 0.227. The maximum absolute atomic E-state index is 13.1. The highest BCUT2D eigenvalue weighted by Gasteiger charge is 2.32. The Morgan fingerprint density at radius 2 is 1.77 bits per heavy atom. The van der Waals surface area contributed by atoms with Crippen molar-refractivity contribution < 1.29 is 22.2 Å². The molecular formula is C22H21FN6O4S2. The van der Waals surface area contributed by atoms with Gasteiger partial charge in [0.2, 0.25) is 0 Å². The minimum atomic E-state index is -4.00. The first-order valence-corrected chi connectivity index (χ1v) is 12.7. The average Bonchev–Trinajstić information content (AvgIpc) is 3.46. The normalized spacial score (nSPS) is 15.2. The summed E-state index contributed by atoms with van der Waals surface area (Å²) in [5.74, 6) is 1.59. The van der Waals surface area contributed by atoms with E-state index < -0.39 is 10.1 Å². The van der Waals surface area contributed by atoms with E-state index in [2.05, 4.69) is 19.6 Å². The number of carbonyl (C=O) groups is 1. The lowest BCUT2D eigenvalue weighted by molar-refractivity contribution is 0.0638. The zero-order valence-corrected chi connectivity index (χ0v) is 20.4. The number of aromatic nitrogens is 5. The molecule has 4 aromatic rings. The molecule has 2 aromatic carbocycles. The molecule has 5 rings (SSSR count). The van der Waals surface area contributed by atoms with Crippen LogP contribution in [0.3, 0.4) is 0 Å². The van der Waals surface area contributed by atoms with Gasteiger partial charge in [-0.15, -0.1) is 10.2 Å². The first-order chi connectivity index (χ1) is 16.6. The maximum atomic E-state index is 13.1. The van der Waals surface area contributed by atoms with E-state index in [-0.39, 0.29) is 22.7 Å². The highest BCUT2D eigenvalue weighted by molar-refractivity contribution is 7.85. The van der Waals surface area contributed by atoms with Crippen molar-refractivity contribution >= 4 is 27.6 Å². The summed E-state index contributed by atoms with van der Waals surface area (Å²) in [4.78, 5) is 18.8. The number of carbonyl (C=O) groups excluding carboxylic acids is 1. The van der Waals surface area contributed by atoms with E-state index in [4.69, 9.17) is 4.55 Å². The Labute approximate surface area is 205 Å². The molecule has 182 valence electrons. The first kappa shape index (κ1) is 24.6. The van der Waals surface area contributed by atoms with Crippen molar-refractivity contribution in [1.82, 2.24) is 29.0 Å². The van der Waals surface area contributed by atoms with E-state index in [1.54, 1.807) is 23.1 Å². The van der Waals surface area contributed by atoms with Gasteiger partial charge in [-0.3, -0.25) is 9.35 Å². The number of rotatable bonds is 3. The summed E-state index contributed by atoms with van der Waals surface area (Å²) in [5.41, 5.74) is 0.459. The van der Waals surface area contributed by atoms with Crippen LogP contribution in [0.5, 0.6) is 0 Å². The molecule has 0 aliphatic carbocycles. The second kappa shape index (κ2) is 9.98. The fourth-order valence-electron chi connectivity index (χ4n) is 3.56. The smallest absolute Gasteiger partial charge is 0.294 e. The van der Waals surface area contributed by atoms with Gasteiger partial charge in [0.15, 0.2) is 16.7 Å². The zero-order valence-electron chi connectivity index (χ0n) is 18.7. The third kappa shape index (κ3) is 5.42. The highest BCUT2D eigenvalue weighted by atomic mass is 32.2. The van der Waals surface area contributed by atoms with Gasteiger partial charge in [-0.2, -0.15) is 12.8 Å². The SMILES string of the molecule is Cc1nsc(-c2nnc3n2CCN(C(=O)c2ccc(F)cc2)[C@@H]3C)n1.O=S(=O)(O)c1ccccc1. The van der Waals surface area contributed by atoms with E-state index in [0.29, 0.717) is 36.1 Å². The van der Waals surface area contributed by atoms with Crippen LogP contribution in [0.2, 0.25) is 0 Å². The van der Waals surface area contributed by atoms with Gasteiger partial charge in [0.05, 0.1) is 10.9 Å². The van der Waals surface area contributed by atoms with Crippen molar-refractivity contribution in [1.29, 1.82) is 0 Å². The molecule has 0 unspecified atom stereocenters. The molecule has 0 bridgehead atoms. The van der Waals surface area contributed by atoms with Crippen molar-refractivity contribution in [3.8, 4) is 10.8 Å². The van der Waals surface area contributed by atoms with Crippen LogP contribution in [0.4, 0.5) is 4.39 Å². The van der Waals surface area contributed by atoms with Crippen LogP contribution in [0.15, 0.2) is 59.5 Å². The number of benzene rings is 2. The Morgan fingerprint density at radius 3 is 2.34 bits per heavy atom. The van der Waals surface area contributed by atoms with Crippen molar-refractivity contribution in [2.45, 2.75) is 31.3 Å². The number of hydrogen-bond donors (Lipinski definition) is 1. The summed E-state index contributed by atoms with van der Waals surface area (Å²) in [6.45, 7) is 4.84. The monoisotopic (exact) mass is 516 g/mol. The van der Waals surface area contributed by atoms with Gasteiger partial charge in [0.1, 0.15) is 11.6 Å². The van der Waals surface area contributed by atoms with Gasteiger partial charge in [-0.1, -0.05) is 18.2 Å². The Balaban J connectivity index is 0.000000243. The second-order valence-electron chi connectivity index (χ2n) is 7.65. The largest absolute Gasteiger partial charge is 0.327 e. The van der Waals surface area contributed by atoms with E-state index in [9.17, 15) is 17.6 Å². The number of nitrogens with zero attached hydrogens (tertiary/aromatic N) is 6. The average molecular weight is 517 g/mol. The van der Waals surface area contributed by atoms with Crippen LogP contribution >= 0.6 is 11.5 Å². The standard InChI is InChI=1S/C16H15FN6OS.C6H6O3S/c1-9-13-19-20-14(15-18-10(2)21-25-15)23(13)8-7-22(9)16(24)11-3-5-12(17)6-4-11;7-10(8,9)6-4-2-1-3-5-6/h3-6,9H,7-8H2,1-2H3;1-5H,(H,7,8,9)/t9-;/m1./s1. The Morgan fingerprint density at radius 1 is 1.09 bits per heavy atom. The third-order valence-electron chi connectivity index (χ3n) is 5.30. The predicted octanol–water partition coefficient (Wildman–Crippen LogP) is 3.39. The van der Waals surface area contributed by atoms with Gasteiger partial charge in [-0.25, -0.2) is 9.37 Å². The summed E-state index contributed by atoms with van der Waals surface area (Å²) < 4.78 is 48.5. The molecule has 2 aromatic heterocycles. The van der Waals surface area contributed by atoms with Gasteiger partial charge < -0.3 is 9.47 Å². The number of aryl methyl sites for hydroxylation is 1. The number of halogens is 1. The molecule has 1 N–H and O–H groups in total. The second-order valence-corrected chi connectivity index (χ2v) is 9.82. The summed E-state index contributed by atoms with van der Waals surface area (Å²) in [6.07, 6.45) is 0. The van der Waals surface area contributed by atoms with Gasteiger partial charge >= 0.3 is 0 Å². The van der Waals surface area contributed by atoms with Crippen molar-refractivity contribution in [2.75, 3.05) is 6.54 Å². The van der Waals surface area contributed by atoms with Crippen LogP contribution in [0, 0.1) is 12.7 Å². The van der Waals surface area contributed by atoms with Crippen LogP contribution in [-0.4, -0.2) is 54.4 Å². The van der Waals surface area contributed by atoms with Crippen molar-refractivity contribution in [3.05, 3.63) is 77.6 Å². The van der Waals surface area contributed by atoms with Crippen molar-refractivity contribution in [3.63, 3.8) is 0 Å². The molecule has 0 saturated carbocycles. The van der Waals surface area contributed by atoms with Crippen LogP contribution in [0.1, 0.15) is 35.0 Å². The first-order valence-electron chi connectivity index (χ1n) is 10.5. The third-order valence-corrected chi connectivity index (χ3v) is 6.97. The summed E-state index contributed by atoms with van der Waals surface area (Å²) in [6, 6.07) is 12.8. The summed E-state index contributed by atoms with van der Waals surface area (Å²) in [7, 11) is -4.00. The molecule has 10 nitrogen and oxygen atoms in total. The molecule has 0 radical (unpaired) electrons. The van der Waals surface area contributed by atoms with E-state index in [1.807, 2.05) is 18.4 Å². The molecule has 1 aliphatic rings. The van der Waals surface area contributed by atoms with Crippen molar-refractivity contribution in [2.24, 2.45) is 0 Å². The molecule has 0 saturated heterocycles. The minimum absolute atomic E-state index is 0.0741. The lowest BCUT2D eigenvalue weighted by atomic mass is 10.1. The van der Waals surface area contributed by atoms with Crippen LogP contribution in [-0.2, 0) is 16.7 Å². The minimum Gasteiger partial charge on any atom is -0.327 e. The van der Waals surface area contributed by atoms with Gasteiger partial charge in [0.25, 0.3) is 16.0 Å². The van der Waals surface area contributed by atoms with Gasteiger partial charge in [0, 0.05) is 18.7 Å². The number of fused-ring (bicyclic) bond motifs is 1. The predicted molar refractivity (Wildman–Crippen MR) is 126 cm³/mol. The lowest BCUT2D eigenvalue weighted by Gasteiger charge is -2.33. The molecular weight excluding hydrogens is 495 g/mol.